The Kier molecular flexibility index (Phi) is 9.09. The molecular weight excluding hydrogens is 482 g/mol. The van der Waals surface area contributed by atoms with Crippen LogP contribution in [0.25, 0.3) is 0 Å². The summed E-state index contributed by atoms with van der Waals surface area (Å²) in [5.41, 5.74) is 3.28. The van der Waals surface area contributed by atoms with Crippen molar-refractivity contribution in [3.05, 3.63) is 53.9 Å². The van der Waals surface area contributed by atoms with Crippen LogP contribution in [0.15, 0.2) is 42.7 Å². The Hall–Kier alpha value is -3.17. The molecule has 9 nitrogen and oxygen atoms in total. The van der Waals surface area contributed by atoms with Gasteiger partial charge in [0, 0.05) is 69.3 Å². The number of morpholine rings is 1. The number of carbonyl (C=O) groups excluding carboxylic acids is 2. The summed E-state index contributed by atoms with van der Waals surface area (Å²) in [5, 5.41) is 6.41. The molecule has 204 valence electrons. The van der Waals surface area contributed by atoms with Crippen molar-refractivity contribution in [2.24, 2.45) is 11.8 Å². The van der Waals surface area contributed by atoms with Crippen LogP contribution in [0, 0.1) is 11.8 Å². The fourth-order valence-electron chi connectivity index (χ4n) is 5.72. The van der Waals surface area contributed by atoms with Crippen molar-refractivity contribution in [3.8, 4) is 5.75 Å². The number of aromatic nitrogens is 1. The molecule has 2 amide bonds. The molecule has 1 aromatic heterocycles. The van der Waals surface area contributed by atoms with Crippen molar-refractivity contribution in [1.29, 1.82) is 0 Å². The van der Waals surface area contributed by atoms with Gasteiger partial charge in [-0.05, 0) is 67.0 Å². The second kappa shape index (κ2) is 13.1. The molecule has 0 saturated carbocycles. The number of hydrogen-bond donors (Lipinski definition) is 2. The van der Waals surface area contributed by atoms with E-state index in [2.05, 4.69) is 38.7 Å². The fraction of sp³-hybridized carbons (Fsp3) is 0.552. The molecule has 2 aromatic rings. The Balaban J connectivity index is 1.21. The normalized spacial score (nSPS) is 22.8. The number of hydrogen-bond acceptors (Lipinski definition) is 7. The third-order valence-corrected chi connectivity index (χ3v) is 7.92. The molecular formula is C29H39N5O4. The van der Waals surface area contributed by atoms with E-state index in [1.165, 1.54) is 0 Å². The largest absolute Gasteiger partial charge is 0.493 e. The number of ether oxygens (including phenoxy) is 2. The van der Waals surface area contributed by atoms with Gasteiger partial charge in [-0.3, -0.25) is 14.6 Å². The molecule has 2 bridgehead atoms. The summed E-state index contributed by atoms with van der Waals surface area (Å²) < 4.78 is 11.7. The molecule has 1 aromatic carbocycles. The van der Waals surface area contributed by atoms with Gasteiger partial charge in [0.2, 0.25) is 11.8 Å². The van der Waals surface area contributed by atoms with Gasteiger partial charge in [0.05, 0.1) is 26.4 Å². The van der Waals surface area contributed by atoms with E-state index in [1.54, 1.807) is 12.4 Å². The van der Waals surface area contributed by atoms with Crippen molar-refractivity contribution in [1.82, 2.24) is 20.5 Å². The molecule has 3 aliphatic rings. The Labute approximate surface area is 224 Å². The number of nitrogens with zero attached hydrogens (tertiary/aromatic N) is 3. The smallest absolute Gasteiger partial charge is 0.236 e. The number of carbonyl (C=O) groups is 2. The summed E-state index contributed by atoms with van der Waals surface area (Å²) in [6.07, 6.45) is 6.63. The lowest BCUT2D eigenvalue weighted by Crippen LogP contribution is -2.47. The Morgan fingerprint density at radius 1 is 1.03 bits per heavy atom. The first-order chi connectivity index (χ1) is 18.7. The first-order valence-corrected chi connectivity index (χ1v) is 13.9. The molecule has 4 heterocycles. The Morgan fingerprint density at radius 2 is 1.87 bits per heavy atom. The lowest BCUT2D eigenvalue weighted by atomic mass is 9.80. The van der Waals surface area contributed by atoms with Crippen LogP contribution in [0.5, 0.6) is 5.75 Å². The maximum Gasteiger partial charge on any atom is 0.236 e. The van der Waals surface area contributed by atoms with E-state index >= 15 is 0 Å². The maximum atomic E-state index is 13.1. The van der Waals surface area contributed by atoms with Crippen LogP contribution in [0.4, 0.5) is 5.69 Å². The maximum absolute atomic E-state index is 13.1. The van der Waals surface area contributed by atoms with Crippen molar-refractivity contribution in [2.45, 2.75) is 38.8 Å². The summed E-state index contributed by atoms with van der Waals surface area (Å²) in [4.78, 5) is 34.2. The predicted molar refractivity (Wildman–Crippen MR) is 145 cm³/mol. The second-order valence-electron chi connectivity index (χ2n) is 10.5. The highest BCUT2D eigenvalue weighted by Crippen LogP contribution is 2.31. The summed E-state index contributed by atoms with van der Waals surface area (Å²) in [6.45, 7) is 6.66. The molecule has 0 spiro atoms. The summed E-state index contributed by atoms with van der Waals surface area (Å²) in [6, 6.07) is 10.2. The van der Waals surface area contributed by atoms with Crippen LogP contribution in [0.2, 0.25) is 0 Å². The average molecular weight is 522 g/mol. The fourth-order valence-corrected chi connectivity index (χ4v) is 5.72. The molecule has 2 atom stereocenters. The zero-order valence-electron chi connectivity index (χ0n) is 22.1. The number of anilines is 1. The third kappa shape index (κ3) is 7.02. The highest BCUT2D eigenvalue weighted by molar-refractivity contribution is 5.79. The number of pyridine rings is 1. The molecule has 2 fully saturated rings. The van der Waals surface area contributed by atoms with Gasteiger partial charge in [0.25, 0.3) is 0 Å². The van der Waals surface area contributed by atoms with Gasteiger partial charge in [0.1, 0.15) is 5.75 Å². The summed E-state index contributed by atoms with van der Waals surface area (Å²) in [7, 11) is 0. The molecule has 9 heteroatoms. The Bertz CT molecular complexity index is 1080. The molecule has 5 rings (SSSR count). The van der Waals surface area contributed by atoms with Crippen molar-refractivity contribution in [2.75, 3.05) is 57.4 Å². The van der Waals surface area contributed by atoms with Crippen LogP contribution >= 0.6 is 0 Å². The zero-order chi connectivity index (χ0) is 26.2. The quantitative estimate of drug-likeness (QED) is 0.624. The summed E-state index contributed by atoms with van der Waals surface area (Å²) >= 11 is 0. The molecule has 0 unspecified atom stereocenters. The average Bonchev–Trinajstić information content (AvgIpc) is 2.97. The predicted octanol–water partition coefficient (Wildman–Crippen LogP) is 2.35. The van der Waals surface area contributed by atoms with E-state index in [9.17, 15) is 9.59 Å². The third-order valence-electron chi connectivity index (χ3n) is 7.92. The van der Waals surface area contributed by atoms with Crippen LogP contribution in [-0.2, 0) is 27.4 Å². The second-order valence-corrected chi connectivity index (χ2v) is 10.5. The van der Waals surface area contributed by atoms with Crippen molar-refractivity contribution in [3.63, 3.8) is 0 Å². The molecule has 2 saturated heterocycles. The van der Waals surface area contributed by atoms with Gasteiger partial charge < -0.3 is 29.9 Å². The minimum Gasteiger partial charge on any atom is -0.493 e. The van der Waals surface area contributed by atoms with Gasteiger partial charge in [-0.2, -0.15) is 0 Å². The number of rotatable bonds is 5. The molecule has 38 heavy (non-hydrogen) atoms. The lowest BCUT2D eigenvalue weighted by Gasteiger charge is -2.38. The van der Waals surface area contributed by atoms with Crippen LogP contribution in [0.1, 0.15) is 36.8 Å². The Morgan fingerprint density at radius 3 is 2.71 bits per heavy atom. The van der Waals surface area contributed by atoms with E-state index in [0.717, 1.165) is 68.1 Å². The highest BCUT2D eigenvalue weighted by Gasteiger charge is 2.32. The van der Waals surface area contributed by atoms with Crippen molar-refractivity contribution < 1.29 is 19.1 Å². The van der Waals surface area contributed by atoms with E-state index in [1.807, 2.05) is 17.0 Å². The first kappa shape index (κ1) is 26.4. The molecule has 0 aliphatic carbocycles. The van der Waals surface area contributed by atoms with E-state index < -0.39 is 0 Å². The van der Waals surface area contributed by atoms with Gasteiger partial charge in [-0.15, -0.1) is 0 Å². The minimum atomic E-state index is 0.0671. The molecule has 3 aliphatic heterocycles. The minimum absolute atomic E-state index is 0.0671. The first-order valence-electron chi connectivity index (χ1n) is 13.9. The van der Waals surface area contributed by atoms with Crippen molar-refractivity contribution >= 4 is 17.5 Å². The van der Waals surface area contributed by atoms with E-state index in [4.69, 9.17) is 9.47 Å². The zero-order valence-corrected chi connectivity index (χ0v) is 22.1. The van der Waals surface area contributed by atoms with Crippen LogP contribution in [-0.4, -0.2) is 74.2 Å². The molecule has 2 N–H and O–H groups in total. The van der Waals surface area contributed by atoms with Gasteiger partial charge in [-0.1, -0.05) is 0 Å². The standard InChI is InChI=1S/C29H39N5O4/c35-28(32-18-22-5-8-30-9-6-22)17-23-7-10-34-21-24(23)2-1-13-38-27-4-3-26(33-11-14-37-15-12-33)16-25(27)19-31-20-29(34)36/h3-6,8-9,16,23-24,31H,1-2,7,10-15,17-21H2,(H,32,35)/t23-,24-/m0/s1. The van der Waals surface area contributed by atoms with Gasteiger partial charge in [0.15, 0.2) is 0 Å². The lowest BCUT2D eigenvalue weighted by molar-refractivity contribution is -0.133. The topological polar surface area (TPSA) is 96.0 Å². The molecule has 0 radical (unpaired) electrons. The number of piperidine rings is 1. The van der Waals surface area contributed by atoms with Crippen LogP contribution in [0.3, 0.4) is 0 Å². The monoisotopic (exact) mass is 521 g/mol. The summed E-state index contributed by atoms with van der Waals surface area (Å²) in [5.74, 6) is 1.61. The highest BCUT2D eigenvalue weighted by atomic mass is 16.5. The van der Waals surface area contributed by atoms with Crippen LogP contribution < -0.4 is 20.3 Å². The van der Waals surface area contributed by atoms with Gasteiger partial charge >= 0.3 is 0 Å². The van der Waals surface area contributed by atoms with Gasteiger partial charge in [-0.25, -0.2) is 0 Å². The number of amides is 2. The van der Waals surface area contributed by atoms with E-state index in [0.29, 0.717) is 45.8 Å². The SMILES string of the molecule is O=C(C[C@@H]1CCN2C[C@@H]1CCCOc1ccc(N3CCOCC3)cc1CNCC2=O)NCc1ccncc1. The number of nitrogens with one attached hydrogen (secondary N) is 2. The number of fused-ring (bicyclic) bond motifs is 3. The van der Waals surface area contributed by atoms with E-state index in [-0.39, 0.29) is 23.7 Å². The number of benzene rings is 1.